The van der Waals surface area contributed by atoms with Gasteiger partial charge in [0.2, 0.25) is 10.0 Å². The zero-order valence-electron chi connectivity index (χ0n) is 23.9. The van der Waals surface area contributed by atoms with Gasteiger partial charge in [-0.25, -0.2) is 18.2 Å². The van der Waals surface area contributed by atoms with Gasteiger partial charge in [-0.15, -0.1) is 0 Å². The van der Waals surface area contributed by atoms with Gasteiger partial charge in [-0.2, -0.15) is 4.31 Å². The van der Waals surface area contributed by atoms with Gasteiger partial charge >= 0.3 is 6.03 Å². The molecule has 9 rings (SSSR count). The first-order valence-corrected chi connectivity index (χ1v) is 17.1. The van der Waals surface area contributed by atoms with Gasteiger partial charge in [0.1, 0.15) is 5.82 Å². The van der Waals surface area contributed by atoms with Gasteiger partial charge < -0.3 is 20.2 Å². The minimum Gasteiger partial charge on any atom is -0.390 e. The number of sulfonamides is 1. The van der Waals surface area contributed by atoms with Crippen molar-refractivity contribution >= 4 is 38.9 Å². The van der Waals surface area contributed by atoms with Crippen LogP contribution in [0.2, 0.25) is 0 Å². The Bertz CT molecular complexity index is 1460. The molecule has 2 N–H and O–H groups in total. The van der Waals surface area contributed by atoms with Crippen molar-refractivity contribution in [3.05, 3.63) is 42.6 Å². The Hall–Kier alpha value is -2.89. The Balaban J connectivity index is 0.948. The summed E-state index contributed by atoms with van der Waals surface area (Å²) in [7, 11) is -3.13. The lowest BCUT2D eigenvalue weighted by Crippen LogP contribution is -2.63. The molecule has 2 aromatic rings. The van der Waals surface area contributed by atoms with Gasteiger partial charge in [0.05, 0.1) is 34.1 Å². The number of amides is 2. The molecule has 7 aliphatic rings. The molecule has 1 aromatic heterocycles. The van der Waals surface area contributed by atoms with Crippen molar-refractivity contribution < 1.29 is 18.3 Å². The second-order valence-electron chi connectivity index (χ2n) is 13.5. The van der Waals surface area contributed by atoms with Gasteiger partial charge in [-0.3, -0.25) is 4.90 Å². The molecular formula is C31H40N6O4S. The summed E-state index contributed by atoms with van der Waals surface area (Å²) >= 11 is 0. The molecule has 42 heavy (non-hydrogen) atoms. The number of rotatable bonds is 5. The topological polar surface area (TPSA) is 109 Å². The number of carbonyl (C=O) groups is 1. The number of nitrogens with zero attached hydrogens (tertiary/aromatic N) is 5. The van der Waals surface area contributed by atoms with E-state index < -0.39 is 15.6 Å². The van der Waals surface area contributed by atoms with E-state index in [1.165, 1.54) is 0 Å². The van der Waals surface area contributed by atoms with E-state index in [4.69, 9.17) is 4.98 Å². The minimum atomic E-state index is -3.13. The summed E-state index contributed by atoms with van der Waals surface area (Å²) in [6, 6.07) is 12.2. The zero-order chi connectivity index (χ0) is 28.6. The largest absolute Gasteiger partial charge is 0.390 e. The standard InChI is InChI=1S/C31H40N6O4S/c38-30(33-29-22-15-21-16-23(29)19-31(39,17-21)18-22)37-14-13-36(26-3-1-2-4-27(26)37)28-8-5-24(20-32-28)34-9-11-35(12-10-34)42(40,41)25-6-7-25/h1-5,8,20-23,25,29,39H,6-7,9-19H2,(H,33,38)/t21?,22-,23+,29?,31?. The molecule has 2 amide bonds. The zero-order valence-corrected chi connectivity index (χ0v) is 24.8. The Morgan fingerprint density at radius 3 is 2.26 bits per heavy atom. The molecule has 0 spiro atoms. The average Bonchev–Trinajstić information content (AvgIpc) is 3.84. The molecule has 6 fully saturated rings. The number of hydrogen-bond donors (Lipinski definition) is 2. The van der Waals surface area contributed by atoms with Crippen molar-refractivity contribution in [1.82, 2.24) is 14.6 Å². The van der Waals surface area contributed by atoms with Crippen molar-refractivity contribution in [3.8, 4) is 0 Å². The fourth-order valence-corrected chi connectivity index (χ4v) is 10.6. The Morgan fingerprint density at radius 2 is 1.62 bits per heavy atom. The summed E-state index contributed by atoms with van der Waals surface area (Å²) in [6.07, 6.45) is 8.26. The fourth-order valence-electron chi connectivity index (χ4n) is 8.75. The molecule has 1 saturated heterocycles. The van der Waals surface area contributed by atoms with Crippen LogP contribution in [0.3, 0.4) is 0 Å². The molecule has 224 valence electrons. The van der Waals surface area contributed by atoms with Crippen LogP contribution in [0, 0.1) is 17.8 Å². The van der Waals surface area contributed by atoms with Crippen LogP contribution in [0.5, 0.6) is 0 Å². The summed E-state index contributed by atoms with van der Waals surface area (Å²) in [6.45, 7) is 3.54. The highest BCUT2D eigenvalue weighted by Crippen LogP contribution is 2.55. The minimum absolute atomic E-state index is 0.0438. The number of nitrogens with one attached hydrogen (secondary N) is 1. The van der Waals surface area contributed by atoms with E-state index in [2.05, 4.69) is 21.2 Å². The lowest BCUT2D eigenvalue weighted by Gasteiger charge is -2.58. The highest BCUT2D eigenvalue weighted by Gasteiger charge is 2.55. The molecular weight excluding hydrogens is 552 g/mol. The summed E-state index contributed by atoms with van der Waals surface area (Å²) < 4.78 is 26.9. The molecule has 3 unspecified atom stereocenters. The number of para-hydroxylation sites is 2. The lowest BCUT2D eigenvalue weighted by molar-refractivity contribution is -0.136. The van der Waals surface area contributed by atoms with E-state index >= 15 is 0 Å². The number of aromatic nitrogens is 1. The average molecular weight is 593 g/mol. The third-order valence-electron chi connectivity index (χ3n) is 10.7. The number of hydrogen-bond acceptors (Lipinski definition) is 7. The first kappa shape index (κ1) is 26.7. The first-order valence-electron chi connectivity index (χ1n) is 15.6. The van der Waals surface area contributed by atoms with Crippen LogP contribution in [-0.2, 0) is 10.0 Å². The third kappa shape index (κ3) is 4.55. The number of pyridine rings is 1. The molecule has 0 radical (unpaired) electrons. The van der Waals surface area contributed by atoms with E-state index in [9.17, 15) is 18.3 Å². The lowest BCUT2D eigenvalue weighted by atomic mass is 9.52. The Labute approximate surface area is 247 Å². The molecule has 1 aromatic carbocycles. The molecule has 10 nitrogen and oxygen atoms in total. The number of anilines is 4. The number of benzene rings is 1. The molecule has 4 bridgehead atoms. The summed E-state index contributed by atoms with van der Waals surface area (Å²) in [5.41, 5.74) is 2.32. The van der Waals surface area contributed by atoms with E-state index in [0.29, 0.717) is 57.0 Å². The number of aliphatic hydroxyl groups is 1. The van der Waals surface area contributed by atoms with Crippen LogP contribution in [0.4, 0.5) is 27.7 Å². The quantitative estimate of drug-likeness (QED) is 0.549. The molecule has 2 aliphatic heterocycles. The molecule has 5 aliphatic carbocycles. The Morgan fingerprint density at radius 1 is 0.905 bits per heavy atom. The summed E-state index contributed by atoms with van der Waals surface area (Å²) in [5, 5.41) is 14.2. The van der Waals surface area contributed by atoms with E-state index in [1.54, 1.807) is 4.31 Å². The SMILES string of the molecule is O=C(NC1[C@@H]2CC3C[C@H]1CC(O)(C3)C2)N1CCN(c2ccc(N3CCN(S(=O)(=O)C4CC4)CC3)cn2)c2ccccc21. The Kier molecular flexibility index (Phi) is 6.25. The maximum Gasteiger partial charge on any atom is 0.322 e. The monoisotopic (exact) mass is 592 g/mol. The first-order chi connectivity index (χ1) is 20.3. The van der Waals surface area contributed by atoms with Gasteiger partial charge in [0.25, 0.3) is 0 Å². The smallest absolute Gasteiger partial charge is 0.322 e. The molecule has 5 saturated carbocycles. The van der Waals surface area contributed by atoms with Crippen LogP contribution in [-0.4, -0.2) is 85.0 Å². The summed E-state index contributed by atoms with van der Waals surface area (Å²) in [4.78, 5) is 24.7. The van der Waals surface area contributed by atoms with Crippen molar-refractivity contribution in [3.63, 3.8) is 0 Å². The number of piperazine rings is 1. The number of fused-ring (bicyclic) bond motifs is 1. The third-order valence-corrected chi connectivity index (χ3v) is 13.1. The van der Waals surface area contributed by atoms with Crippen LogP contribution < -0.4 is 20.0 Å². The molecule has 5 atom stereocenters. The summed E-state index contributed by atoms with van der Waals surface area (Å²) in [5.74, 6) is 2.18. The van der Waals surface area contributed by atoms with Gasteiger partial charge in [0.15, 0.2) is 0 Å². The van der Waals surface area contributed by atoms with Gasteiger partial charge in [-0.1, -0.05) is 12.1 Å². The second kappa shape index (κ2) is 9.82. The van der Waals surface area contributed by atoms with Crippen LogP contribution in [0.25, 0.3) is 0 Å². The normalized spacial score (nSPS) is 32.6. The van der Waals surface area contributed by atoms with Crippen LogP contribution >= 0.6 is 0 Å². The van der Waals surface area contributed by atoms with Crippen molar-refractivity contribution in [1.29, 1.82) is 0 Å². The van der Waals surface area contributed by atoms with E-state index in [0.717, 1.165) is 67.8 Å². The van der Waals surface area contributed by atoms with Gasteiger partial charge in [0, 0.05) is 45.3 Å². The van der Waals surface area contributed by atoms with Crippen molar-refractivity contribution in [2.75, 3.05) is 54.0 Å². The molecule has 11 heteroatoms. The maximum absolute atomic E-state index is 13.7. The highest BCUT2D eigenvalue weighted by molar-refractivity contribution is 7.90. The van der Waals surface area contributed by atoms with Crippen LogP contribution in [0.15, 0.2) is 42.6 Å². The second-order valence-corrected chi connectivity index (χ2v) is 15.7. The van der Waals surface area contributed by atoms with E-state index in [-0.39, 0.29) is 17.3 Å². The number of carbonyl (C=O) groups excluding carboxylic acids is 1. The van der Waals surface area contributed by atoms with Crippen molar-refractivity contribution in [2.45, 2.75) is 61.8 Å². The number of urea groups is 1. The van der Waals surface area contributed by atoms with Crippen molar-refractivity contribution in [2.24, 2.45) is 17.8 Å². The predicted molar refractivity (Wildman–Crippen MR) is 162 cm³/mol. The van der Waals surface area contributed by atoms with E-state index in [1.807, 2.05) is 41.4 Å². The predicted octanol–water partition coefficient (Wildman–Crippen LogP) is 3.30. The highest BCUT2D eigenvalue weighted by atomic mass is 32.2. The maximum atomic E-state index is 13.7. The fraction of sp³-hybridized carbons (Fsp3) is 0.613. The molecule has 3 heterocycles. The van der Waals surface area contributed by atoms with Crippen LogP contribution in [0.1, 0.15) is 44.9 Å². The van der Waals surface area contributed by atoms with Gasteiger partial charge in [-0.05, 0) is 87.0 Å².